The summed E-state index contributed by atoms with van der Waals surface area (Å²) in [6.45, 7) is 19.1. The minimum Gasteiger partial charge on any atom is -0.382 e. The third kappa shape index (κ3) is 63.4. The van der Waals surface area contributed by atoms with E-state index in [0.717, 1.165) is 39.6 Å². The Kier molecular flexibility index (Phi) is 59.5. The summed E-state index contributed by atoms with van der Waals surface area (Å²) in [7, 11) is 6.61. The summed E-state index contributed by atoms with van der Waals surface area (Å²) in [5.74, 6) is 0. The van der Waals surface area contributed by atoms with E-state index in [0.29, 0.717) is 66.1 Å². The second kappa shape index (κ2) is 49.7. The highest BCUT2D eigenvalue weighted by atomic mass is 16.5. The summed E-state index contributed by atoms with van der Waals surface area (Å²) in [5.41, 5.74) is 0. The van der Waals surface area contributed by atoms with Crippen LogP contribution in [0.1, 0.15) is 27.7 Å². The van der Waals surface area contributed by atoms with E-state index in [4.69, 9.17) is 37.9 Å². The van der Waals surface area contributed by atoms with Crippen LogP contribution in [0.3, 0.4) is 0 Å². The first kappa shape index (κ1) is 40.8. The predicted octanol–water partition coefficient (Wildman–Crippen LogP) is 2.71. The molecule has 0 rings (SSSR count). The van der Waals surface area contributed by atoms with Crippen LogP contribution in [-0.2, 0) is 47.4 Å². The quantitative estimate of drug-likeness (QED) is 0.205. The van der Waals surface area contributed by atoms with E-state index in [1.165, 1.54) is 0 Å². The summed E-state index contributed by atoms with van der Waals surface area (Å²) < 4.78 is 49.2. The number of rotatable bonds is 22. The van der Waals surface area contributed by atoms with Gasteiger partial charge in [-0.25, -0.2) is 0 Å². The first-order chi connectivity index (χ1) is 16.7. The highest BCUT2D eigenvalue weighted by Crippen LogP contribution is 1.80. The Morgan fingerprint density at radius 2 is 0.441 bits per heavy atom. The Morgan fingerprint density at radius 3 is 0.647 bits per heavy atom. The largest absolute Gasteiger partial charge is 0.382 e. The molecule has 0 fully saturated rings. The lowest BCUT2D eigenvalue weighted by Gasteiger charge is -2.03. The first-order valence-corrected chi connectivity index (χ1v) is 12.1. The zero-order valence-corrected chi connectivity index (χ0v) is 23.4. The number of hydrogen-bond acceptors (Lipinski definition) is 10. The van der Waals surface area contributed by atoms with Crippen molar-refractivity contribution >= 4 is 0 Å². The zero-order valence-electron chi connectivity index (χ0n) is 23.4. The lowest BCUT2D eigenvalue weighted by molar-refractivity contribution is 0.0195. The fraction of sp³-hybridized carbons (Fsp3) is 1.00. The lowest BCUT2D eigenvalue weighted by atomic mass is 10.7. The summed E-state index contributed by atoms with van der Waals surface area (Å²) in [4.78, 5) is 0. The van der Waals surface area contributed by atoms with E-state index in [1.807, 2.05) is 27.7 Å². The molecule has 0 saturated carbocycles. The Labute approximate surface area is 209 Å². The van der Waals surface area contributed by atoms with Gasteiger partial charge in [-0.05, 0) is 27.7 Å². The van der Waals surface area contributed by atoms with Crippen LogP contribution in [0.2, 0.25) is 0 Å². The van der Waals surface area contributed by atoms with E-state index < -0.39 is 0 Å². The predicted molar refractivity (Wildman–Crippen MR) is 135 cm³/mol. The average Bonchev–Trinajstić information content (AvgIpc) is 2.86. The topological polar surface area (TPSA) is 92.3 Å². The molecule has 0 aromatic carbocycles. The van der Waals surface area contributed by atoms with Crippen molar-refractivity contribution in [2.24, 2.45) is 0 Å². The van der Waals surface area contributed by atoms with Crippen LogP contribution in [0.4, 0.5) is 0 Å². The van der Waals surface area contributed by atoms with Gasteiger partial charge in [0.15, 0.2) is 0 Å². The molecular formula is C24H56O10. The fourth-order valence-electron chi connectivity index (χ4n) is 1.59. The summed E-state index contributed by atoms with van der Waals surface area (Å²) in [5, 5.41) is 0. The molecule has 10 nitrogen and oxygen atoms in total. The molecule has 0 unspecified atom stereocenters. The Bertz CT molecular complexity index is 250. The highest BCUT2D eigenvalue weighted by molar-refractivity contribution is 4.31. The van der Waals surface area contributed by atoms with Crippen molar-refractivity contribution in [2.75, 3.05) is 134 Å². The molecule has 0 saturated heterocycles. The van der Waals surface area contributed by atoms with Gasteiger partial charge in [-0.3, -0.25) is 0 Å². The van der Waals surface area contributed by atoms with Crippen LogP contribution in [0.5, 0.6) is 0 Å². The van der Waals surface area contributed by atoms with Crippen molar-refractivity contribution in [2.45, 2.75) is 27.7 Å². The Morgan fingerprint density at radius 1 is 0.265 bits per heavy atom. The molecule has 34 heavy (non-hydrogen) atoms. The molecule has 0 N–H and O–H groups in total. The monoisotopic (exact) mass is 504 g/mol. The summed E-state index contributed by atoms with van der Waals surface area (Å²) >= 11 is 0. The van der Waals surface area contributed by atoms with E-state index in [9.17, 15) is 0 Å². The van der Waals surface area contributed by atoms with Crippen LogP contribution >= 0.6 is 0 Å². The van der Waals surface area contributed by atoms with Gasteiger partial charge in [-0.1, -0.05) is 0 Å². The van der Waals surface area contributed by atoms with Gasteiger partial charge in [0, 0.05) is 54.9 Å². The molecule has 0 atom stereocenters. The van der Waals surface area contributed by atoms with Gasteiger partial charge in [0.25, 0.3) is 0 Å². The van der Waals surface area contributed by atoms with Crippen molar-refractivity contribution in [3.05, 3.63) is 0 Å². The normalized spacial score (nSPS) is 9.88. The van der Waals surface area contributed by atoms with Crippen LogP contribution in [-0.4, -0.2) is 134 Å². The molecule has 0 aliphatic heterocycles. The second-order valence-electron chi connectivity index (χ2n) is 5.98. The number of methoxy groups -OCH3 is 4. The molecule has 0 aliphatic carbocycles. The van der Waals surface area contributed by atoms with E-state index in [-0.39, 0.29) is 0 Å². The van der Waals surface area contributed by atoms with E-state index >= 15 is 0 Å². The Balaban J connectivity index is -0.000000180. The number of hydrogen-bond donors (Lipinski definition) is 0. The van der Waals surface area contributed by atoms with Gasteiger partial charge in [0.1, 0.15) is 0 Å². The van der Waals surface area contributed by atoms with Gasteiger partial charge in [-0.2, -0.15) is 0 Å². The van der Waals surface area contributed by atoms with Gasteiger partial charge >= 0.3 is 0 Å². The second-order valence-corrected chi connectivity index (χ2v) is 5.98. The molecule has 0 radical (unpaired) electrons. The fourth-order valence-corrected chi connectivity index (χ4v) is 1.59. The summed E-state index contributed by atoms with van der Waals surface area (Å²) in [6.07, 6.45) is 0. The molecule has 0 bridgehead atoms. The lowest BCUT2D eigenvalue weighted by Crippen LogP contribution is -2.08. The summed E-state index contributed by atoms with van der Waals surface area (Å²) in [6, 6.07) is 0. The zero-order chi connectivity index (χ0) is 26.4. The van der Waals surface area contributed by atoms with Crippen molar-refractivity contribution in [3.8, 4) is 0 Å². The molecule has 10 heteroatoms. The third-order valence-corrected chi connectivity index (χ3v) is 3.29. The SMILES string of the molecule is CCOCCOCC.CCOCCOCCOCC.COCCOC.COCCOCCOC. The minimum atomic E-state index is 0.653. The highest BCUT2D eigenvalue weighted by Gasteiger charge is 1.87. The maximum Gasteiger partial charge on any atom is 0.0701 e. The van der Waals surface area contributed by atoms with Gasteiger partial charge < -0.3 is 47.4 Å². The van der Waals surface area contributed by atoms with Gasteiger partial charge in [0.05, 0.1) is 79.3 Å². The molecule has 0 heterocycles. The van der Waals surface area contributed by atoms with Crippen molar-refractivity contribution in [1.29, 1.82) is 0 Å². The molecule has 0 aromatic heterocycles. The van der Waals surface area contributed by atoms with Crippen LogP contribution in [0.15, 0.2) is 0 Å². The average molecular weight is 505 g/mol. The number of ether oxygens (including phenoxy) is 10. The van der Waals surface area contributed by atoms with Gasteiger partial charge in [0.2, 0.25) is 0 Å². The van der Waals surface area contributed by atoms with Crippen molar-refractivity contribution in [1.82, 2.24) is 0 Å². The van der Waals surface area contributed by atoms with Crippen molar-refractivity contribution in [3.63, 3.8) is 0 Å². The first-order valence-electron chi connectivity index (χ1n) is 12.1. The van der Waals surface area contributed by atoms with E-state index in [1.54, 1.807) is 28.4 Å². The molecule has 0 aromatic rings. The Hall–Kier alpha value is -0.400. The smallest absolute Gasteiger partial charge is 0.0701 e. The minimum absolute atomic E-state index is 0.653. The maximum absolute atomic E-state index is 5.19. The molecule has 0 spiro atoms. The van der Waals surface area contributed by atoms with E-state index in [2.05, 4.69) is 9.47 Å². The molecular weight excluding hydrogens is 448 g/mol. The van der Waals surface area contributed by atoms with Crippen LogP contribution in [0.25, 0.3) is 0 Å². The van der Waals surface area contributed by atoms with Crippen molar-refractivity contribution < 1.29 is 47.4 Å². The van der Waals surface area contributed by atoms with Crippen LogP contribution in [0, 0.1) is 0 Å². The third-order valence-electron chi connectivity index (χ3n) is 3.29. The van der Waals surface area contributed by atoms with Crippen LogP contribution < -0.4 is 0 Å². The molecule has 0 amide bonds. The molecule has 212 valence electrons. The van der Waals surface area contributed by atoms with Gasteiger partial charge in [-0.15, -0.1) is 0 Å². The molecule has 0 aliphatic rings. The maximum atomic E-state index is 5.19. The standard InChI is InChI=1S/C8H18O3.C6H14O3.C6H14O2.C4H10O2/c1-3-9-5-7-11-8-6-10-4-2;1-7-3-5-9-6-4-8-2;1-3-7-5-6-8-4-2;1-5-3-4-6-2/h3-8H2,1-2H3;3-6H2,1-2H3;3-6H2,1-2H3;3-4H2,1-2H3.